The minimum absolute atomic E-state index is 0.286. The van der Waals surface area contributed by atoms with Gasteiger partial charge >= 0.3 is 0 Å². The Morgan fingerprint density at radius 3 is 2.38 bits per heavy atom. The highest BCUT2D eigenvalue weighted by molar-refractivity contribution is 6.39. The number of rotatable bonds is 8. The van der Waals surface area contributed by atoms with Crippen molar-refractivity contribution in [1.29, 1.82) is 0 Å². The molecule has 0 bridgehead atoms. The average Bonchev–Trinajstić information content (AvgIpc) is 3.01. The highest BCUT2D eigenvalue weighted by Crippen LogP contribution is 2.18. The minimum Gasteiger partial charge on any atom is -0.394 e. The predicted molar refractivity (Wildman–Crippen MR) is 83.1 cm³/mol. The fourth-order valence-corrected chi connectivity index (χ4v) is 2.38. The highest BCUT2D eigenvalue weighted by Gasteiger charge is 2.36. The molecule has 0 amide bonds. The minimum atomic E-state index is -2.20. The van der Waals surface area contributed by atoms with Crippen LogP contribution in [0.25, 0.3) is 10.9 Å². The monoisotopic (exact) mass is 337 g/mol. The van der Waals surface area contributed by atoms with Crippen LogP contribution in [0, 0.1) is 0 Å². The van der Waals surface area contributed by atoms with Gasteiger partial charge in [-0.3, -0.25) is 9.59 Å². The van der Waals surface area contributed by atoms with Gasteiger partial charge in [-0.15, -0.1) is 0 Å². The van der Waals surface area contributed by atoms with E-state index < -0.39 is 42.6 Å². The molecule has 0 spiro atoms. The van der Waals surface area contributed by atoms with Crippen LogP contribution in [0.2, 0.25) is 0 Å². The Labute approximate surface area is 137 Å². The van der Waals surface area contributed by atoms with Crippen LogP contribution in [-0.2, 0) is 16.0 Å². The molecule has 0 unspecified atom stereocenters. The van der Waals surface area contributed by atoms with Crippen molar-refractivity contribution in [2.45, 2.75) is 30.8 Å². The summed E-state index contributed by atoms with van der Waals surface area (Å²) in [4.78, 5) is 26.9. The Morgan fingerprint density at radius 2 is 1.71 bits per heavy atom. The molecule has 0 saturated carbocycles. The Morgan fingerprint density at radius 1 is 1.04 bits per heavy atom. The number of carbonyl (C=O) groups is 2. The van der Waals surface area contributed by atoms with Gasteiger partial charge in [0.05, 0.1) is 6.61 Å². The number of H-pyrrole nitrogens is 1. The molecule has 0 fully saturated rings. The predicted octanol–water partition coefficient (Wildman–Crippen LogP) is -1.72. The number of benzene rings is 1. The smallest absolute Gasteiger partial charge is 0.229 e. The highest BCUT2D eigenvalue weighted by atomic mass is 16.4. The lowest BCUT2D eigenvalue weighted by Crippen LogP contribution is -2.50. The van der Waals surface area contributed by atoms with Crippen molar-refractivity contribution in [3.8, 4) is 0 Å². The van der Waals surface area contributed by atoms with Crippen LogP contribution >= 0.6 is 0 Å². The van der Waals surface area contributed by atoms with Crippen molar-refractivity contribution in [3.63, 3.8) is 0 Å². The average molecular weight is 337 g/mol. The number of aromatic amines is 1. The molecule has 4 atom stereocenters. The van der Waals surface area contributed by atoms with Gasteiger partial charge in [0.25, 0.3) is 0 Å². The zero-order chi connectivity index (χ0) is 17.9. The second kappa shape index (κ2) is 7.65. The molecule has 0 radical (unpaired) electrons. The van der Waals surface area contributed by atoms with Gasteiger partial charge in [0, 0.05) is 23.5 Å². The summed E-state index contributed by atoms with van der Waals surface area (Å²) in [7, 11) is 0. The van der Waals surface area contributed by atoms with E-state index >= 15 is 0 Å². The van der Waals surface area contributed by atoms with Crippen LogP contribution in [0.15, 0.2) is 30.5 Å². The summed E-state index contributed by atoms with van der Waals surface area (Å²) in [6.45, 7) is -0.873. The number of ketones is 2. The summed E-state index contributed by atoms with van der Waals surface area (Å²) < 4.78 is 0. The van der Waals surface area contributed by atoms with Crippen molar-refractivity contribution in [2.24, 2.45) is 0 Å². The van der Waals surface area contributed by atoms with Crippen molar-refractivity contribution < 1.29 is 35.1 Å². The number of hydrogen-bond acceptors (Lipinski definition) is 7. The fraction of sp³-hybridized carbons (Fsp3) is 0.375. The van der Waals surface area contributed by atoms with Crippen molar-refractivity contribution in [1.82, 2.24) is 4.98 Å². The largest absolute Gasteiger partial charge is 0.394 e. The van der Waals surface area contributed by atoms with Crippen LogP contribution in [-0.4, -0.2) is 73.1 Å². The number of aromatic nitrogens is 1. The molecular weight excluding hydrogens is 318 g/mol. The lowest BCUT2D eigenvalue weighted by Gasteiger charge is -2.24. The summed E-state index contributed by atoms with van der Waals surface area (Å²) in [6, 6.07) is 7.16. The molecule has 2 rings (SSSR count). The van der Waals surface area contributed by atoms with Crippen LogP contribution < -0.4 is 0 Å². The van der Waals surface area contributed by atoms with Gasteiger partial charge in [0.1, 0.15) is 24.4 Å². The van der Waals surface area contributed by atoms with Crippen molar-refractivity contribution >= 4 is 22.5 Å². The molecule has 1 aromatic heterocycles. The zero-order valence-corrected chi connectivity index (χ0v) is 12.7. The third-order valence-corrected chi connectivity index (χ3v) is 3.82. The lowest BCUT2D eigenvalue weighted by molar-refractivity contribution is -0.154. The number of para-hydroxylation sites is 1. The van der Waals surface area contributed by atoms with E-state index in [2.05, 4.69) is 4.98 Å². The molecule has 8 nitrogen and oxygen atoms in total. The number of nitrogens with one attached hydrogen (secondary N) is 1. The molecule has 2 aromatic rings. The van der Waals surface area contributed by atoms with Gasteiger partial charge in [0.15, 0.2) is 0 Å². The molecular formula is C16H19NO7. The molecule has 0 aliphatic carbocycles. The van der Waals surface area contributed by atoms with E-state index in [4.69, 9.17) is 5.11 Å². The normalized spacial score (nSPS) is 16.5. The van der Waals surface area contributed by atoms with Gasteiger partial charge < -0.3 is 30.5 Å². The summed E-state index contributed by atoms with van der Waals surface area (Å²) in [6.07, 6.45) is -6.71. The van der Waals surface area contributed by atoms with Gasteiger partial charge in [-0.2, -0.15) is 0 Å². The van der Waals surface area contributed by atoms with Crippen LogP contribution in [0.5, 0.6) is 0 Å². The number of aliphatic hydroxyl groups is 5. The van der Waals surface area contributed by atoms with E-state index in [-0.39, 0.29) is 6.42 Å². The first kappa shape index (κ1) is 18.2. The molecule has 1 aromatic carbocycles. The van der Waals surface area contributed by atoms with Crippen LogP contribution in [0.3, 0.4) is 0 Å². The first-order valence-electron chi connectivity index (χ1n) is 7.32. The first-order valence-corrected chi connectivity index (χ1v) is 7.32. The second-order valence-corrected chi connectivity index (χ2v) is 5.50. The summed E-state index contributed by atoms with van der Waals surface area (Å²) in [5.41, 5.74) is 1.34. The molecule has 8 heteroatoms. The third-order valence-electron chi connectivity index (χ3n) is 3.82. The first-order chi connectivity index (χ1) is 11.4. The Hall–Kier alpha value is -2.10. The molecule has 24 heavy (non-hydrogen) atoms. The Balaban J connectivity index is 2.07. The second-order valence-electron chi connectivity index (χ2n) is 5.50. The number of Topliss-reactive ketones (excluding diaryl/α,β-unsaturated/α-hetero) is 2. The number of hydrogen-bond donors (Lipinski definition) is 6. The summed E-state index contributed by atoms with van der Waals surface area (Å²) in [5, 5.41) is 47.6. The molecule has 0 saturated heterocycles. The van der Waals surface area contributed by atoms with E-state index in [9.17, 15) is 30.0 Å². The Bertz CT molecular complexity index is 726. The van der Waals surface area contributed by atoms with E-state index in [1.165, 1.54) is 0 Å². The van der Waals surface area contributed by atoms with E-state index in [0.29, 0.717) is 5.56 Å². The van der Waals surface area contributed by atoms with E-state index in [1.807, 2.05) is 6.07 Å². The molecule has 0 aliphatic rings. The van der Waals surface area contributed by atoms with Gasteiger partial charge in [-0.25, -0.2) is 0 Å². The third kappa shape index (κ3) is 3.69. The molecule has 0 aliphatic heterocycles. The molecule has 1 heterocycles. The van der Waals surface area contributed by atoms with Gasteiger partial charge in [0.2, 0.25) is 11.6 Å². The lowest BCUT2D eigenvalue weighted by atomic mass is 9.96. The number of fused-ring (bicyclic) bond motifs is 1. The summed E-state index contributed by atoms with van der Waals surface area (Å²) >= 11 is 0. The molecule has 130 valence electrons. The fourth-order valence-electron chi connectivity index (χ4n) is 2.38. The Kier molecular flexibility index (Phi) is 5.81. The zero-order valence-electron chi connectivity index (χ0n) is 12.7. The van der Waals surface area contributed by atoms with Crippen molar-refractivity contribution in [2.75, 3.05) is 6.61 Å². The van der Waals surface area contributed by atoms with Gasteiger partial charge in [-0.1, -0.05) is 18.2 Å². The number of carbonyl (C=O) groups excluding carboxylic acids is 2. The quantitative estimate of drug-likeness (QED) is 0.314. The standard InChI is InChI=1S/C16H19NO7/c18-7-12(20)14(22)16(24)15(23)13(21)11(19)5-8-6-17-10-4-2-1-3-9(8)10/h1-4,6,12,14-18,20,22-24H,5,7H2/t12-,14-,15+,16+/m1/s1. The van der Waals surface area contributed by atoms with E-state index in [1.54, 1.807) is 24.4 Å². The van der Waals surface area contributed by atoms with Crippen molar-refractivity contribution in [3.05, 3.63) is 36.0 Å². The maximum atomic E-state index is 12.0. The number of aliphatic hydroxyl groups excluding tert-OH is 5. The van der Waals surface area contributed by atoms with E-state index in [0.717, 1.165) is 10.9 Å². The summed E-state index contributed by atoms with van der Waals surface area (Å²) in [5.74, 6) is -2.23. The maximum absolute atomic E-state index is 12.0. The molecule has 6 N–H and O–H groups in total. The van der Waals surface area contributed by atoms with Crippen LogP contribution in [0.4, 0.5) is 0 Å². The maximum Gasteiger partial charge on any atom is 0.229 e. The van der Waals surface area contributed by atoms with Crippen LogP contribution in [0.1, 0.15) is 5.56 Å². The van der Waals surface area contributed by atoms with Gasteiger partial charge in [-0.05, 0) is 11.6 Å². The SMILES string of the molecule is O=C(Cc1c[nH]c2ccccc12)C(=O)[C@H](O)[C@@H](O)[C@H](O)[C@H](O)CO. The topological polar surface area (TPSA) is 151 Å².